The molecule has 0 aliphatic heterocycles. The number of halogens is 1. The number of nitrogens with zero attached hydrogens (tertiary/aromatic N) is 1. The van der Waals surface area contributed by atoms with Crippen molar-refractivity contribution in [1.29, 1.82) is 0 Å². The molecule has 2 aromatic rings. The van der Waals surface area contributed by atoms with Crippen molar-refractivity contribution in [2.45, 2.75) is 13.5 Å². The SMILES string of the molecule is Cc1ccc(OS(C)(=O)=O)c(C(=O)N(C)Cc2ccc(F)cc2)c1. The Morgan fingerprint density at radius 2 is 1.79 bits per heavy atom. The van der Waals surface area contributed by atoms with Crippen LogP contribution in [0.3, 0.4) is 0 Å². The van der Waals surface area contributed by atoms with Crippen molar-refractivity contribution >= 4 is 16.0 Å². The van der Waals surface area contributed by atoms with Crippen LogP contribution >= 0.6 is 0 Å². The molecule has 0 radical (unpaired) electrons. The average Bonchev–Trinajstić information content (AvgIpc) is 2.49. The Balaban J connectivity index is 2.27. The fourth-order valence-corrected chi connectivity index (χ4v) is 2.66. The molecule has 0 saturated heterocycles. The van der Waals surface area contributed by atoms with Gasteiger partial charge in [0.15, 0.2) is 5.75 Å². The zero-order chi connectivity index (χ0) is 17.9. The molecule has 0 unspecified atom stereocenters. The maximum atomic E-state index is 12.9. The third kappa shape index (κ3) is 4.79. The van der Waals surface area contributed by atoms with Crippen LogP contribution < -0.4 is 4.18 Å². The highest BCUT2D eigenvalue weighted by Crippen LogP contribution is 2.23. The molecule has 0 aliphatic rings. The first-order valence-electron chi connectivity index (χ1n) is 7.16. The van der Waals surface area contributed by atoms with Gasteiger partial charge in [0, 0.05) is 13.6 Å². The Morgan fingerprint density at radius 3 is 2.38 bits per heavy atom. The second-order valence-electron chi connectivity index (χ2n) is 5.57. The van der Waals surface area contributed by atoms with E-state index in [9.17, 15) is 17.6 Å². The van der Waals surface area contributed by atoms with Crippen LogP contribution in [0.1, 0.15) is 21.5 Å². The molecule has 2 rings (SSSR count). The summed E-state index contributed by atoms with van der Waals surface area (Å²) in [4.78, 5) is 14.1. The fourth-order valence-electron chi connectivity index (χ4n) is 2.19. The van der Waals surface area contributed by atoms with Gasteiger partial charge in [0.05, 0.1) is 11.8 Å². The van der Waals surface area contributed by atoms with Gasteiger partial charge in [-0.3, -0.25) is 4.79 Å². The smallest absolute Gasteiger partial charge is 0.306 e. The number of carbonyl (C=O) groups excluding carboxylic acids is 1. The summed E-state index contributed by atoms with van der Waals surface area (Å²) >= 11 is 0. The number of carbonyl (C=O) groups is 1. The Hall–Kier alpha value is -2.41. The first-order valence-corrected chi connectivity index (χ1v) is 8.97. The second-order valence-corrected chi connectivity index (χ2v) is 7.15. The van der Waals surface area contributed by atoms with E-state index in [0.717, 1.165) is 17.4 Å². The first-order chi connectivity index (χ1) is 11.2. The molecule has 0 bridgehead atoms. The Bertz CT molecular complexity index is 847. The summed E-state index contributed by atoms with van der Waals surface area (Å²) < 4.78 is 40.6. The lowest BCUT2D eigenvalue weighted by Crippen LogP contribution is -2.27. The summed E-state index contributed by atoms with van der Waals surface area (Å²) in [5.41, 5.74) is 1.71. The van der Waals surface area contributed by atoms with E-state index >= 15 is 0 Å². The second kappa shape index (κ2) is 7.00. The van der Waals surface area contributed by atoms with E-state index in [1.807, 2.05) is 0 Å². The summed E-state index contributed by atoms with van der Waals surface area (Å²) in [6, 6.07) is 10.5. The number of rotatable bonds is 5. The molecular weight excluding hydrogens is 333 g/mol. The zero-order valence-corrected chi connectivity index (χ0v) is 14.4. The van der Waals surface area contributed by atoms with Crippen LogP contribution in [-0.2, 0) is 16.7 Å². The van der Waals surface area contributed by atoms with Gasteiger partial charge in [-0.05, 0) is 36.8 Å². The van der Waals surface area contributed by atoms with Crippen LogP contribution in [0.4, 0.5) is 4.39 Å². The molecule has 7 heteroatoms. The lowest BCUT2D eigenvalue weighted by molar-refractivity contribution is 0.0783. The summed E-state index contributed by atoms with van der Waals surface area (Å²) in [7, 11) is -2.17. The normalized spacial score (nSPS) is 11.2. The minimum absolute atomic E-state index is 0.0148. The highest BCUT2D eigenvalue weighted by atomic mass is 32.2. The van der Waals surface area contributed by atoms with E-state index in [0.29, 0.717) is 0 Å². The van der Waals surface area contributed by atoms with Crippen LogP contribution in [0.25, 0.3) is 0 Å². The van der Waals surface area contributed by atoms with Crippen molar-refractivity contribution < 1.29 is 21.8 Å². The maximum Gasteiger partial charge on any atom is 0.306 e. The Kier molecular flexibility index (Phi) is 5.23. The van der Waals surface area contributed by atoms with E-state index in [1.165, 1.54) is 23.1 Å². The quantitative estimate of drug-likeness (QED) is 0.777. The van der Waals surface area contributed by atoms with Crippen molar-refractivity contribution in [2.24, 2.45) is 0 Å². The van der Waals surface area contributed by atoms with Crippen molar-refractivity contribution in [3.63, 3.8) is 0 Å². The summed E-state index contributed by atoms with van der Waals surface area (Å²) in [5, 5.41) is 0. The molecule has 24 heavy (non-hydrogen) atoms. The molecule has 128 valence electrons. The zero-order valence-electron chi connectivity index (χ0n) is 13.6. The van der Waals surface area contributed by atoms with Crippen LogP contribution in [0, 0.1) is 12.7 Å². The number of benzene rings is 2. The summed E-state index contributed by atoms with van der Waals surface area (Å²) in [6.07, 6.45) is 0.920. The highest BCUT2D eigenvalue weighted by molar-refractivity contribution is 7.86. The van der Waals surface area contributed by atoms with E-state index < -0.39 is 10.1 Å². The molecule has 1 amide bonds. The molecule has 5 nitrogen and oxygen atoms in total. The molecule has 0 aliphatic carbocycles. The maximum absolute atomic E-state index is 12.9. The Morgan fingerprint density at radius 1 is 1.17 bits per heavy atom. The molecule has 0 fully saturated rings. The molecule has 0 aromatic heterocycles. The standard InChI is InChI=1S/C17H18FNO4S/c1-12-4-9-16(23-24(3,21)22)15(10-12)17(20)19(2)11-13-5-7-14(18)8-6-13/h4-10H,11H2,1-3H3. The number of hydrogen-bond donors (Lipinski definition) is 0. The molecule has 0 heterocycles. The first kappa shape index (κ1) is 17.9. The van der Waals surface area contributed by atoms with E-state index in [4.69, 9.17) is 4.18 Å². The largest absolute Gasteiger partial charge is 0.382 e. The monoisotopic (exact) mass is 351 g/mol. The molecule has 2 aromatic carbocycles. The summed E-state index contributed by atoms with van der Waals surface area (Å²) in [5.74, 6) is -0.754. The van der Waals surface area contributed by atoms with Crippen molar-refractivity contribution in [3.05, 3.63) is 65.0 Å². The van der Waals surface area contributed by atoms with Gasteiger partial charge >= 0.3 is 10.1 Å². The average molecular weight is 351 g/mol. The van der Waals surface area contributed by atoms with Gasteiger partial charge in [-0.15, -0.1) is 0 Å². The minimum atomic E-state index is -3.75. The molecule has 0 N–H and O–H groups in total. The topological polar surface area (TPSA) is 63.7 Å². The van der Waals surface area contributed by atoms with Crippen LogP contribution in [0.5, 0.6) is 5.75 Å². The molecular formula is C17H18FNO4S. The van der Waals surface area contributed by atoms with Crippen LogP contribution in [-0.4, -0.2) is 32.5 Å². The van der Waals surface area contributed by atoms with E-state index in [2.05, 4.69) is 0 Å². The fraction of sp³-hybridized carbons (Fsp3) is 0.235. The van der Waals surface area contributed by atoms with Gasteiger partial charge in [-0.25, -0.2) is 4.39 Å². The lowest BCUT2D eigenvalue weighted by Gasteiger charge is -2.19. The Labute approximate surface area is 140 Å². The minimum Gasteiger partial charge on any atom is -0.382 e. The number of amides is 1. The van der Waals surface area contributed by atoms with E-state index in [1.54, 1.807) is 38.2 Å². The number of aryl methyl sites for hydroxylation is 1. The predicted molar refractivity (Wildman–Crippen MR) is 88.8 cm³/mol. The van der Waals surface area contributed by atoms with Crippen molar-refractivity contribution in [1.82, 2.24) is 4.90 Å². The van der Waals surface area contributed by atoms with Gasteiger partial charge in [-0.1, -0.05) is 23.8 Å². The third-order valence-electron chi connectivity index (χ3n) is 3.29. The van der Waals surface area contributed by atoms with Crippen molar-refractivity contribution in [2.75, 3.05) is 13.3 Å². The lowest BCUT2D eigenvalue weighted by atomic mass is 10.1. The molecule has 0 spiro atoms. The van der Waals surface area contributed by atoms with Gasteiger partial charge in [0.2, 0.25) is 0 Å². The van der Waals surface area contributed by atoms with Gasteiger partial charge in [-0.2, -0.15) is 8.42 Å². The van der Waals surface area contributed by atoms with Gasteiger partial charge < -0.3 is 9.08 Å². The predicted octanol–water partition coefficient (Wildman–Crippen LogP) is 2.74. The van der Waals surface area contributed by atoms with Crippen molar-refractivity contribution in [3.8, 4) is 5.75 Å². The molecule has 0 atom stereocenters. The summed E-state index contributed by atoms with van der Waals surface area (Å²) in [6.45, 7) is 2.05. The van der Waals surface area contributed by atoms with Crippen LogP contribution in [0.2, 0.25) is 0 Å². The number of hydrogen-bond acceptors (Lipinski definition) is 4. The van der Waals surface area contributed by atoms with Crippen LogP contribution in [0.15, 0.2) is 42.5 Å². The van der Waals surface area contributed by atoms with Gasteiger partial charge in [0.25, 0.3) is 5.91 Å². The van der Waals surface area contributed by atoms with Gasteiger partial charge in [0.1, 0.15) is 5.82 Å². The molecule has 0 saturated carbocycles. The highest BCUT2D eigenvalue weighted by Gasteiger charge is 2.20. The van der Waals surface area contributed by atoms with E-state index in [-0.39, 0.29) is 29.6 Å². The third-order valence-corrected chi connectivity index (χ3v) is 3.77.